The van der Waals surface area contributed by atoms with Crippen LogP contribution < -0.4 is 32.5 Å². The summed E-state index contributed by atoms with van der Waals surface area (Å²) in [4.78, 5) is 105. The van der Waals surface area contributed by atoms with Crippen molar-refractivity contribution in [1.29, 1.82) is 0 Å². The summed E-state index contributed by atoms with van der Waals surface area (Å²) < 4.78 is 0. The third-order valence-corrected chi connectivity index (χ3v) is 13.4. The summed E-state index contributed by atoms with van der Waals surface area (Å²) in [7, 11) is 0. The first-order chi connectivity index (χ1) is 36.8. The summed E-state index contributed by atoms with van der Waals surface area (Å²) >= 11 is 4.90. The largest absolute Gasteiger partial charge is 3.00 e. The minimum absolute atomic E-state index is 0. The molecule has 0 amide bonds. The van der Waals surface area contributed by atoms with Crippen LogP contribution in [0.25, 0.3) is 44.3 Å². The number of aliphatic carboxylic acids is 3. The molecule has 2 heterocycles. The first-order valence-electron chi connectivity index (χ1n) is 24.5. The number of nitrogens with two attached hydrogens (primary N) is 3. The molecule has 6 aromatic rings. The van der Waals surface area contributed by atoms with E-state index < -0.39 is 90.0 Å². The van der Waals surface area contributed by atoms with Crippen molar-refractivity contribution >= 4 is 110 Å². The maximum atomic E-state index is 11.2. The Labute approximate surface area is 479 Å². The monoisotopic (exact) mass is 1210 g/mol. The second-order valence-corrected chi connectivity index (χ2v) is 20.5. The average molecular weight is 1210 g/mol. The molecule has 0 spiro atoms. The van der Waals surface area contributed by atoms with Crippen LogP contribution in [0.1, 0.15) is 59.3 Å². The topological polar surface area (TPSA) is 327 Å². The van der Waals surface area contributed by atoms with Crippen LogP contribution in [-0.2, 0) is 62.6 Å². The van der Waals surface area contributed by atoms with Gasteiger partial charge in [-0.25, -0.2) is 9.97 Å². The SMILES string of the molecule is CCSCC[C@H](N)C(=O)CC(=O)C(=O)[O-].CCSCC[C@H](N)C(=O)CC(=O)C(=O)[O-].CCSCC[C@H](N)C(=O)CC(=O)C(=O)[O-].[Ru+3].c1ccc(-c2ccc3ccccc3n2)cc1.c1ccc(-c2ccc3ccccc3n2)cc1. The van der Waals surface area contributed by atoms with Crippen molar-refractivity contribution in [2.24, 2.45) is 17.2 Å². The van der Waals surface area contributed by atoms with Crippen molar-refractivity contribution < 1.29 is 77.9 Å². The normalized spacial score (nSPS) is 11.3. The molecule has 21 heteroatoms. The predicted octanol–water partition coefficient (Wildman–Crippen LogP) is 4.01. The molecular weight excluding hydrogens is 1140 g/mol. The molecule has 78 heavy (non-hydrogen) atoms. The maximum absolute atomic E-state index is 11.2. The number of thioether (sulfide) groups is 3. The third-order valence-electron chi connectivity index (χ3n) is 10.6. The fraction of sp³-hybridized carbons (Fsp3) is 0.316. The van der Waals surface area contributed by atoms with Crippen molar-refractivity contribution in [2.45, 2.75) is 77.4 Å². The number of hydrogen-bond acceptors (Lipinski definition) is 20. The van der Waals surface area contributed by atoms with Gasteiger partial charge in [-0.15, -0.1) is 0 Å². The second-order valence-electron chi connectivity index (χ2n) is 16.3. The Hall–Kier alpha value is -6.32. The molecule has 6 rings (SSSR count). The summed E-state index contributed by atoms with van der Waals surface area (Å²) in [6.45, 7) is 5.95. The van der Waals surface area contributed by atoms with E-state index in [0.29, 0.717) is 19.3 Å². The zero-order valence-corrected chi connectivity index (χ0v) is 47.7. The van der Waals surface area contributed by atoms with Crippen LogP contribution in [0.2, 0.25) is 0 Å². The van der Waals surface area contributed by atoms with Crippen LogP contribution in [-0.4, -0.2) is 115 Å². The molecular formula is C57H64N5O12RuS3. The molecule has 2 aromatic heterocycles. The summed E-state index contributed by atoms with van der Waals surface area (Å²) in [6.07, 6.45) is -0.631. The summed E-state index contributed by atoms with van der Waals surface area (Å²) in [5.41, 5.74) is 22.9. The molecule has 1 radical (unpaired) electrons. The zero-order chi connectivity index (χ0) is 57.1. The van der Waals surface area contributed by atoms with Gasteiger partial charge < -0.3 is 46.9 Å². The van der Waals surface area contributed by atoms with Crippen LogP contribution >= 0.6 is 35.3 Å². The summed E-state index contributed by atoms with van der Waals surface area (Å²) in [5.74, 6) is -5.79. The molecule has 17 nitrogen and oxygen atoms in total. The molecule has 0 saturated carbocycles. The van der Waals surface area contributed by atoms with E-state index in [1.807, 2.05) is 93.6 Å². The van der Waals surface area contributed by atoms with Gasteiger partial charge in [-0.2, -0.15) is 35.3 Å². The number of carboxylic acid groups (broad SMARTS) is 3. The van der Waals surface area contributed by atoms with E-state index in [1.54, 1.807) is 35.3 Å². The molecule has 0 aliphatic heterocycles. The van der Waals surface area contributed by atoms with E-state index in [0.717, 1.165) is 68.1 Å². The van der Waals surface area contributed by atoms with Crippen LogP contribution in [0.3, 0.4) is 0 Å². The summed E-state index contributed by atoms with van der Waals surface area (Å²) in [6, 6.07) is 42.9. The van der Waals surface area contributed by atoms with Gasteiger partial charge in [0, 0.05) is 21.9 Å². The second kappa shape index (κ2) is 40.0. The number of benzene rings is 4. The molecule has 415 valence electrons. The van der Waals surface area contributed by atoms with Gasteiger partial charge >= 0.3 is 19.5 Å². The number of carbonyl (C=O) groups excluding carboxylic acids is 9. The number of aromatic nitrogens is 2. The number of carboxylic acids is 3. The Morgan fingerprint density at radius 2 is 0.679 bits per heavy atom. The van der Waals surface area contributed by atoms with Gasteiger partial charge in [-0.05, 0) is 78.0 Å². The van der Waals surface area contributed by atoms with Gasteiger partial charge in [0.25, 0.3) is 0 Å². The van der Waals surface area contributed by atoms with Crippen molar-refractivity contribution in [3.63, 3.8) is 0 Å². The molecule has 0 bridgehead atoms. The minimum atomic E-state index is -1.83. The fourth-order valence-corrected chi connectivity index (χ4v) is 8.43. The average Bonchev–Trinajstić information content (AvgIpc) is 3.44. The van der Waals surface area contributed by atoms with Gasteiger partial charge in [-0.1, -0.05) is 130 Å². The molecule has 3 atom stereocenters. The number of pyridine rings is 2. The number of nitrogens with zero attached hydrogens (tertiary/aromatic N) is 2. The maximum Gasteiger partial charge on any atom is 3.00 e. The zero-order valence-electron chi connectivity index (χ0n) is 43.5. The number of carbonyl (C=O) groups is 9. The van der Waals surface area contributed by atoms with Crippen LogP contribution in [0, 0.1) is 0 Å². The van der Waals surface area contributed by atoms with E-state index in [2.05, 4.69) is 70.6 Å². The number of ketones is 6. The first kappa shape index (κ1) is 69.7. The van der Waals surface area contributed by atoms with Crippen molar-refractivity contribution in [3.05, 3.63) is 133 Å². The standard InChI is InChI=1S/2C15H11N.3C9H15NO4S.Ru/c2*1-2-6-12(7-3-1)15-11-10-13-8-4-5-9-14(13)16-15;3*1-2-15-4-3-6(10)7(11)5-8(12)9(13)14;/h2*1-11H;3*6H,2-5,10H2,1H3,(H,13,14);/q;;;;;+3/p-3/t;;3*6-;/m..000./s1. The molecule has 0 aliphatic rings. The summed E-state index contributed by atoms with van der Waals surface area (Å²) in [5, 5.41) is 32.5. The number of Topliss-reactive ketones (excluding diaryl/α,β-unsaturated/α-hetero) is 6. The predicted molar refractivity (Wildman–Crippen MR) is 300 cm³/mol. The molecule has 0 aliphatic carbocycles. The Balaban J connectivity index is 0.000000486. The van der Waals surface area contributed by atoms with Crippen molar-refractivity contribution in [3.8, 4) is 22.5 Å². The fourth-order valence-electron chi connectivity index (χ4n) is 6.30. The molecule has 6 N–H and O–H groups in total. The number of fused-ring (bicyclic) bond motifs is 2. The van der Waals surface area contributed by atoms with Gasteiger partial charge in [0.1, 0.15) is 17.9 Å². The van der Waals surface area contributed by atoms with Crippen LogP contribution in [0.4, 0.5) is 0 Å². The number of hydrogen-bond donors (Lipinski definition) is 3. The van der Waals surface area contributed by atoms with Crippen molar-refractivity contribution in [1.82, 2.24) is 9.97 Å². The number of rotatable bonds is 26. The number of para-hydroxylation sites is 2. The van der Waals surface area contributed by atoms with E-state index in [1.165, 1.54) is 10.8 Å². The van der Waals surface area contributed by atoms with Gasteiger partial charge in [0.05, 0.1) is 59.8 Å². The molecule has 0 saturated heterocycles. The van der Waals surface area contributed by atoms with E-state index in [4.69, 9.17) is 17.2 Å². The quantitative estimate of drug-likeness (QED) is 0.0299. The van der Waals surface area contributed by atoms with E-state index in [9.17, 15) is 58.5 Å². The molecule has 4 aromatic carbocycles. The molecule has 0 unspecified atom stereocenters. The Morgan fingerprint density at radius 1 is 0.410 bits per heavy atom. The first-order valence-corrected chi connectivity index (χ1v) is 27.9. The van der Waals surface area contributed by atoms with Crippen LogP contribution in [0.5, 0.6) is 0 Å². The Kier molecular flexibility index (Phi) is 35.7. The van der Waals surface area contributed by atoms with Crippen molar-refractivity contribution in [2.75, 3.05) is 34.5 Å². The molecule has 0 fully saturated rings. The smallest absolute Gasteiger partial charge is 0.542 e. The minimum Gasteiger partial charge on any atom is -0.542 e. The van der Waals surface area contributed by atoms with E-state index >= 15 is 0 Å². The van der Waals surface area contributed by atoms with E-state index in [-0.39, 0.29) is 19.5 Å². The van der Waals surface area contributed by atoms with Gasteiger partial charge in [0.15, 0.2) is 34.7 Å². The van der Waals surface area contributed by atoms with Crippen LogP contribution in [0.15, 0.2) is 133 Å². The Morgan fingerprint density at radius 3 is 0.949 bits per heavy atom. The van der Waals surface area contributed by atoms with Gasteiger partial charge in [-0.3, -0.25) is 28.8 Å². The third kappa shape index (κ3) is 27.8. The Bertz CT molecular complexity index is 2630. The van der Waals surface area contributed by atoms with Gasteiger partial charge in [0.2, 0.25) is 0 Å².